The first-order valence-corrected chi connectivity index (χ1v) is 7.30. The van der Waals surface area contributed by atoms with E-state index in [0.29, 0.717) is 22.8 Å². The Morgan fingerprint density at radius 2 is 2.19 bits per heavy atom. The maximum absolute atomic E-state index is 11.7. The molecule has 0 spiro atoms. The maximum atomic E-state index is 11.7. The molecule has 0 saturated carbocycles. The number of benzene rings is 1. The number of ether oxygens (including phenoxy) is 1. The van der Waals surface area contributed by atoms with E-state index in [9.17, 15) is 4.79 Å². The van der Waals surface area contributed by atoms with Gasteiger partial charge in [0.1, 0.15) is 12.9 Å². The van der Waals surface area contributed by atoms with Crippen molar-refractivity contribution in [2.75, 3.05) is 5.73 Å². The third-order valence-electron chi connectivity index (χ3n) is 2.94. The summed E-state index contributed by atoms with van der Waals surface area (Å²) < 4.78 is 8.23. The van der Waals surface area contributed by atoms with Gasteiger partial charge in [-0.3, -0.25) is 4.79 Å². The van der Waals surface area contributed by atoms with Gasteiger partial charge in [-0.1, -0.05) is 15.9 Å². The minimum Gasteiger partial charge on any atom is -0.483 e. The van der Waals surface area contributed by atoms with Crippen LogP contribution in [0.5, 0.6) is 5.75 Å². The molecule has 0 radical (unpaired) electrons. The summed E-state index contributed by atoms with van der Waals surface area (Å²) in [5, 5.41) is 4.14. The fourth-order valence-corrected chi connectivity index (χ4v) is 2.46. The average molecular weight is 353 g/mol. The van der Waals surface area contributed by atoms with Crippen LogP contribution in [0.4, 0.5) is 5.69 Å². The zero-order valence-electron chi connectivity index (χ0n) is 12.1. The van der Waals surface area contributed by atoms with E-state index in [1.807, 2.05) is 13.8 Å². The zero-order valence-corrected chi connectivity index (χ0v) is 13.7. The van der Waals surface area contributed by atoms with Crippen LogP contribution in [0.15, 0.2) is 22.9 Å². The molecule has 2 N–H and O–H groups in total. The molecule has 2 aromatic rings. The van der Waals surface area contributed by atoms with Crippen LogP contribution in [0.1, 0.15) is 43.0 Å². The Balaban J connectivity index is 2.28. The number of anilines is 1. The molecule has 0 bridgehead atoms. The van der Waals surface area contributed by atoms with E-state index in [1.165, 1.54) is 13.3 Å². The van der Waals surface area contributed by atoms with Crippen molar-refractivity contribution in [3.8, 4) is 5.75 Å². The first kappa shape index (κ1) is 15.5. The number of halogens is 1. The Morgan fingerprint density at radius 1 is 1.48 bits per heavy atom. The molecule has 1 aromatic carbocycles. The highest BCUT2D eigenvalue weighted by molar-refractivity contribution is 9.10. The molecule has 21 heavy (non-hydrogen) atoms. The summed E-state index contributed by atoms with van der Waals surface area (Å²) >= 11 is 3.32. The Morgan fingerprint density at radius 3 is 2.81 bits per heavy atom. The molecule has 112 valence electrons. The van der Waals surface area contributed by atoms with Crippen LogP contribution in [0.2, 0.25) is 0 Å². The number of carbonyl (C=O) groups excluding carboxylic acids is 1. The van der Waals surface area contributed by atoms with Gasteiger partial charge in [0.05, 0.1) is 11.3 Å². The summed E-state index contributed by atoms with van der Waals surface area (Å²) in [7, 11) is 0. The third kappa shape index (κ3) is 3.41. The quantitative estimate of drug-likeness (QED) is 0.660. The molecule has 0 unspecified atom stereocenters. The fraction of sp³-hybridized carbons (Fsp3) is 0.357. The molecule has 0 aliphatic rings. The number of rotatable bonds is 5. The molecule has 0 saturated heterocycles. The second kappa shape index (κ2) is 6.26. The number of ketones is 1. The minimum atomic E-state index is -0.108. The van der Waals surface area contributed by atoms with Crippen LogP contribution in [0, 0.1) is 0 Å². The smallest absolute Gasteiger partial charge is 0.165 e. The van der Waals surface area contributed by atoms with Crippen LogP contribution < -0.4 is 10.5 Å². The Hall–Kier alpha value is -1.89. The van der Waals surface area contributed by atoms with Gasteiger partial charge in [-0.15, -0.1) is 0 Å². The topological polar surface area (TPSA) is 83.0 Å². The summed E-state index contributed by atoms with van der Waals surface area (Å²) in [5.41, 5.74) is 6.80. The largest absolute Gasteiger partial charge is 0.483 e. The first-order chi connectivity index (χ1) is 9.90. The molecule has 0 amide bonds. The van der Waals surface area contributed by atoms with Gasteiger partial charge in [0.2, 0.25) is 0 Å². The Kier molecular flexibility index (Phi) is 4.62. The lowest BCUT2D eigenvalue weighted by Gasteiger charge is -2.14. The number of Topliss-reactive ketones (excluding diaryl/α,β-unsaturated/α-hetero) is 1. The SMILES string of the molecule is CC(=O)c1cc(Br)cc(N)c1OCc1ncnn1C(C)C. The van der Waals surface area contributed by atoms with E-state index in [1.54, 1.807) is 16.8 Å². The van der Waals surface area contributed by atoms with Crippen LogP contribution in [-0.4, -0.2) is 20.5 Å². The summed E-state index contributed by atoms with van der Waals surface area (Å²) in [4.78, 5) is 15.9. The van der Waals surface area contributed by atoms with Gasteiger partial charge < -0.3 is 10.5 Å². The van der Waals surface area contributed by atoms with Crippen molar-refractivity contribution < 1.29 is 9.53 Å². The third-order valence-corrected chi connectivity index (χ3v) is 3.40. The van der Waals surface area contributed by atoms with Crippen molar-refractivity contribution in [1.29, 1.82) is 0 Å². The monoisotopic (exact) mass is 352 g/mol. The highest BCUT2D eigenvalue weighted by atomic mass is 79.9. The van der Waals surface area contributed by atoms with Gasteiger partial charge >= 0.3 is 0 Å². The highest BCUT2D eigenvalue weighted by Gasteiger charge is 2.15. The van der Waals surface area contributed by atoms with Gasteiger partial charge in [0.15, 0.2) is 17.4 Å². The number of aromatic nitrogens is 3. The predicted molar refractivity (Wildman–Crippen MR) is 83.3 cm³/mol. The van der Waals surface area contributed by atoms with Crippen molar-refractivity contribution in [2.45, 2.75) is 33.4 Å². The molecule has 2 rings (SSSR count). The average Bonchev–Trinajstić information content (AvgIpc) is 2.85. The second-order valence-corrected chi connectivity index (χ2v) is 5.85. The van der Waals surface area contributed by atoms with Gasteiger partial charge in [0.25, 0.3) is 0 Å². The first-order valence-electron chi connectivity index (χ1n) is 6.51. The zero-order chi connectivity index (χ0) is 15.6. The van der Waals surface area contributed by atoms with Crippen molar-refractivity contribution in [3.05, 3.63) is 34.3 Å². The summed E-state index contributed by atoms with van der Waals surface area (Å²) in [6, 6.07) is 3.58. The van der Waals surface area contributed by atoms with Crippen LogP contribution in [0.3, 0.4) is 0 Å². The van der Waals surface area contributed by atoms with E-state index in [0.717, 1.165) is 4.47 Å². The summed E-state index contributed by atoms with van der Waals surface area (Å²) in [5.74, 6) is 0.953. The molecule has 0 aliphatic heterocycles. The van der Waals surface area contributed by atoms with Crippen molar-refractivity contribution >= 4 is 27.4 Å². The van der Waals surface area contributed by atoms with Gasteiger partial charge in [0, 0.05) is 10.5 Å². The van der Waals surface area contributed by atoms with Crippen LogP contribution in [0.25, 0.3) is 0 Å². The molecular formula is C14H17BrN4O2. The molecule has 6 nitrogen and oxygen atoms in total. The molecule has 0 aliphatic carbocycles. The molecular weight excluding hydrogens is 336 g/mol. The molecule has 7 heteroatoms. The lowest BCUT2D eigenvalue weighted by atomic mass is 10.1. The number of hydrogen-bond acceptors (Lipinski definition) is 5. The number of nitrogen functional groups attached to an aromatic ring is 1. The minimum absolute atomic E-state index is 0.108. The lowest BCUT2D eigenvalue weighted by Crippen LogP contribution is -2.12. The molecule has 1 aromatic heterocycles. The van der Waals surface area contributed by atoms with Crippen LogP contribution in [-0.2, 0) is 6.61 Å². The number of nitrogens with zero attached hydrogens (tertiary/aromatic N) is 3. The van der Waals surface area contributed by atoms with E-state index in [2.05, 4.69) is 26.0 Å². The van der Waals surface area contributed by atoms with Gasteiger partial charge in [-0.2, -0.15) is 5.10 Å². The molecule has 0 atom stereocenters. The molecule has 0 fully saturated rings. The van der Waals surface area contributed by atoms with Gasteiger partial charge in [-0.05, 0) is 32.9 Å². The molecule has 1 heterocycles. The van der Waals surface area contributed by atoms with Crippen molar-refractivity contribution in [2.24, 2.45) is 0 Å². The van der Waals surface area contributed by atoms with E-state index >= 15 is 0 Å². The van der Waals surface area contributed by atoms with E-state index < -0.39 is 0 Å². The predicted octanol–water partition coefficient (Wildman–Crippen LogP) is 2.99. The van der Waals surface area contributed by atoms with E-state index in [4.69, 9.17) is 10.5 Å². The highest BCUT2D eigenvalue weighted by Crippen LogP contribution is 2.31. The Bertz CT molecular complexity index is 667. The van der Waals surface area contributed by atoms with Crippen molar-refractivity contribution in [3.63, 3.8) is 0 Å². The van der Waals surface area contributed by atoms with E-state index in [-0.39, 0.29) is 18.4 Å². The summed E-state index contributed by atoms with van der Waals surface area (Å²) in [6.07, 6.45) is 1.48. The number of nitrogens with two attached hydrogens (primary N) is 1. The van der Waals surface area contributed by atoms with Gasteiger partial charge in [-0.25, -0.2) is 9.67 Å². The van der Waals surface area contributed by atoms with Crippen molar-refractivity contribution in [1.82, 2.24) is 14.8 Å². The number of carbonyl (C=O) groups is 1. The Labute approximate surface area is 131 Å². The standard InChI is InChI=1S/C14H17BrN4O2/c1-8(2)19-13(17-7-18-19)6-21-14-11(9(3)20)4-10(15)5-12(14)16/h4-5,7-8H,6,16H2,1-3H3. The maximum Gasteiger partial charge on any atom is 0.165 e. The number of hydrogen-bond donors (Lipinski definition) is 1. The van der Waals surface area contributed by atoms with Crippen LogP contribution >= 0.6 is 15.9 Å². The second-order valence-electron chi connectivity index (χ2n) is 4.93. The fourth-order valence-electron chi connectivity index (χ4n) is 1.98. The normalized spacial score (nSPS) is 10.9. The summed E-state index contributed by atoms with van der Waals surface area (Å²) in [6.45, 7) is 5.69. The lowest BCUT2D eigenvalue weighted by molar-refractivity contribution is 0.101.